The molecule has 50 heavy (non-hydrogen) atoms. The summed E-state index contributed by atoms with van der Waals surface area (Å²) in [6.45, 7) is 1.96. The van der Waals surface area contributed by atoms with Crippen molar-refractivity contribution in [2.24, 2.45) is 0 Å². The number of aryl methyl sites for hydroxylation is 1. The second kappa shape index (κ2) is 15.8. The van der Waals surface area contributed by atoms with Crippen LogP contribution in [0.4, 0.5) is 10.1 Å². The van der Waals surface area contributed by atoms with Crippen LogP contribution in [-0.4, -0.2) is 57.0 Å². The molecule has 0 radical (unpaired) electrons. The van der Waals surface area contributed by atoms with Crippen LogP contribution < -0.4 is 19.1 Å². The molecule has 4 aromatic rings. The Morgan fingerprint density at radius 1 is 0.860 bits per heavy atom. The summed E-state index contributed by atoms with van der Waals surface area (Å²) in [6.07, 6.45) is 5.11. The topological polar surface area (TPSA) is 105 Å². The van der Waals surface area contributed by atoms with Crippen LogP contribution >= 0.6 is 0 Å². The van der Waals surface area contributed by atoms with E-state index in [-0.39, 0.29) is 47.9 Å². The minimum Gasteiger partial charge on any atom is -0.486 e. The van der Waals surface area contributed by atoms with Crippen molar-refractivity contribution in [3.63, 3.8) is 0 Å². The molecule has 0 spiro atoms. The Hall–Kier alpha value is -4.90. The maximum Gasteiger partial charge on any atom is 0.264 e. The molecule has 1 saturated carbocycles. The highest BCUT2D eigenvalue weighted by Crippen LogP contribution is 2.34. The molecule has 4 aromatic carbocycles. The fourth-order valence-corrected chi connectivity index (χ4v) is 7.95. The lowest BCUT2D eigenvalue weighted by Crippen LogP contribution is -2.55. The van der Waals surface area contributed by atoms with Gasteiger partial charge in [-0.25, -0.2) is 12.8 Å². The maximum atomic E-state index is 14.8. The van der Waals surface area contributed by atoms with Gasteiger partial charge in [0.1, 0.15) is 31.6 Å². The smallest absolute Gasteiger partial charge is 0.264 e. The molecule has 1 aliphatic heterocycles. The zero-order chi connectivity index (χ0) is 35.1. The summed E-state index contributed by atoms with van der Waals surface area (Å²) in [7, 11) is -4.41. The van der Waals surface area contributed by atoms with Gasteiger partial charge in [0, 0.05) is 25.1 Å². The molecule has 6 rings (SSSR count). The summed E-state index contributed by atoms with van der Waals surface area (Å²) in [5.74, 6) is -0.743. The van der Waals surface area contributed by atoms with Gasteiger partial charge in [-0.3, -0.25) is 13.9 Å². The van der Waals surface area contributed by atoms with Gasteiger partial charge in [0.25, 0.3) is 10.0 Å². The zero-order valence-corrected chi connectivity index (χ0v) is 28.9. The third kappa shape index (κ3) is 8.27. The highest BCUT2D eigenvalue weighted by Gasteiger charge is 2.36. The monoisotopic (exact) mass is 699 g/mol. The van der Waals surface area contributed by atoms with E-state index in [0.29, 0.717) is 12.4 Å². The molecule has 0 bridgehead atoms. The number of nitrogens with zero attached hydrogens (tertiary/aromatic N) is 2. The van der Waals surface area contributed by atoms with Crippen molar-refractivity contribution in [2.75, 3.05) is 24.1 Å². The Morgan fingerprint density at radius 3 is 2.26 bits per heavy atom. The fourth-order valence-electron chi connectivity index (χ4n) is 6.52. The van der Waals surface area contributed by atoms with Crippen LogP contribution in [0.15, 0.2) is 102 Å². The van der Waals surface area contributed by atoms with E-state index in [1.807, 2.05) is 61.5 Å². The number of ether oxygens (including phenoxy) is 2. The number of nitrogens with one attached hydrogen (secondary N) is 1. The van der Waals surface area contributed by atoms with Crippen LogP contribution in [0.5, 0.6) is 11.5 Å². The second-order valence-corrected chi connectivity index (χ2v) is 14.7. The number of amides is 2. The number of halogens is 1. The lowest BCUT2D eigenvalue weighted by atomic mass is 9.94. The standard InChI is InChI=1S/C39H42FN3O6S/c1-28-10-8-9-13-30(28)26-42(35(24-29-11-4-2-5-12-29)39(45)41-32-14-6-3-7-15-32)38(44)27-43(33-18-16-31(40)17-19-33)50(46,47)34-20-21-36-37(25-34)49-23-22-48-36/h2,4-5,8-13,16-21,25,32,35H,3,6-7,14-15,22-24,26-27H2,1H3,(H,41,45)/t35-/m1/s1. The number of carbonyl (C=O) groups excluding carboxylic acids is 2. The van der Waals surface area contributed by atoms with Gasteiger partial charge >= 0.3 is 0 Å². The van der Waals surface area contributed by atoms with E-state index >= 15 is 0 Å². The largest absolute Gasteiger partial charge is 0.486 e. The van der Waals surface area contributed by atoms with Crippen LogP contribution in [0, 0.1) is 12.7 Å². The molecule has 1 heterocycles. The van der Waals surface area contributed by atoms with Gasteiger partial charge in [-0.1, -0.05) is 73.9 Å². The van der Waals surface area contributed by atoms with Gasteiger partial charge in [-0.05, 0) is 72.9 Å². The van der Waals surface area contributed by atoms with Gasteiger partial charge in [-0.15, -0.1) is 0 Å². The number of carbonyl (C=O) groups is 2. The van der Waals surface area contributed by atoms with Crippen LogP contribution in [0.3, 0.4) is 0 Å². The Bertz CT molecular complexity index is 1900. The van der Waals surface area contributed by atoms with E-state index in [1.165, 1.54) is 35.2 Å². The summed E-state index contributed by atoms with van der Waals surface area (Å²) in [4.78, 5) is 30.4. The van der Waals surface area contributed by atoms with E-state index in [9.17, 15) is 22.4 Å². The van der Waals surface area contributed by atoms with Crippen molar-refractivity contribution in [1.82, 2.24) is 10.2 Å². The highest BCUT2D eigenvalue weighted by atomic mass is 32.2. The van der Waals surface area contributed by atoms with E-state index in [1.54, 1.807) is 0 Å². The molecule has 1 fully saturated rings. The molecule has 0 saturated heterocycles. The first-order valence-corrected chi connectivity index (χ1v) is 18.5. The molecule has 1 aliphatic carbocycles. The third-order valence-corrected chi connectivity index (χ3v) is 11.1. The van der Waals surface area contributed by atoms with Crippen LogP contribution in [0.2, 0.25) is 0 Å². The number of sulfonamides is 1. The van der Waals surface area contributed by atoms with Gasteiger partial charge in [0.2, 0.25) is 11.8 Å². The highest BCUT2D eigenvalue weighted by molar-refractivity contribution is 7.92. The van der Waals surface area contributed by atoms with Crippen molar-refractivity contribution in [2.45, 2.75) is 69.0 Å². The minimum absolute atomic E-state index is 0.00349. The summed E-state index contributed by atoms with van der Waals surface area (Å²) in [5, 5.41) is 3.22. The molecule has 2 aliphatic rings. The predicted octanol–water partition coefficient (Wildman–Crippen LogP) is 6.19. The van der Waals surface area contributed by atoms with Gasteiger partial charge in [-0.2, -0.15) is 0 Å². The molecular formula is C39H42FN3O6S. The second-order valence-electron chi connectivity index (χ2n) is 12.8. The zero-order valence-electron chi connectivity index (χ0n) is 28.1. The molecule has 11 heteroatoms. The summed E-state index contributed by atoms with van der Waals surface area (Å²) in [5.41, 5.74) is 2.71. The van der Waals surface area contributed by atoms with Crippen molar-refractivity contribution >= 4 is 27.5 Å². The van der Waals surface area contributed by atoms with Crippen LogP contribution in [0.1, 0.15) is 48.8 Å². The predicted molar refractivity (Wildman–Crippen MR) is 189 cm³/mol. The number of hydrogen-bond donors (Lipinski definition) is 1. The molecule has 1 N–H and O–H groups in total. The number of rotatable bonds is 12. The number of hydrogen-bond acceptors (Lipinski definition) is 6. The summed E-state index contributed by atoms with van der Waals surface area (Å²) < 4.78 is 55.1. The Kier molecular flexibility index (Phi) is 11.0. The lowest BCUT2D eigenvalue weighted by molar-refractivity contribution is -0.140. The summed E-state index contributed by atoms with van der Waals surface area (Å²) >= 11 is 0. The molecule has 0 unspecified atom stereocenters. The molecule has 1 atom stereocenters. The third-order valence-electron chi connectivity index (χ3n) is 9.32. The number of benzene rings is 4. The Balaban J connectivity index is 1.40. The first-order chi connectivity index (χ1) is 24.2. The van der Waals surface area contributed by atoms with E-state index in [0.717, 1.165) is 65.2 Å². The molecular weight excluding hydrogens is 658 g/mol. The SMILES string of the molecule is Cc1ccccc1CN(C(=O)CN(c1ccc(F)cc1)S(=O)(=O)c1ccc2c(c1)OCCO2)[C@H](Cc1ccccc1)C(=O)NC1CCCCC1. The molecule has 0 aromatic heterocycles. The van der Waals surface area contributed by atoms with Crippen LogP contribution in [0.25, 0.3) is 0 Å². The van der Waals surface area contributed by atoms with Gasteiger partial charge < -0.3 is 19.7 Å². The van der Waals surface area contributed by atoms with Crippen molar-refractivity contribution in [3.05, 3.63) is 120 Å². The Morgan fingerprint density at radius 2 is 1.54 bits per heavy atom. The molecule has 2 amide bonds. The average molecular weight is 700 g/mol. The van der Waals surface area contributed by atoms with Gasteiger partial charge in [0.15, 0.2) is 11.5 Å². The maximum absolute atomic E-state index is 14.8. The number of anilines is 1. The average Bonchev–Trinajstić information content (AvgIpc) is 3.13. The van der Waals surface area contributed by atoms with Crippen molar-refractivity contribution < 1.29 is 31.9 Å². The van der Waals surface area contributed by atoms with Gasteiger partial charge in [0.05, 0.1) is 10.6 Å². The van der Waals surface area contributed by atoms with Crippen molar-refractivity contribution in [1.29, 1.82) is 0 Å². The quantitative estimate of drug-likeness (QED) is 0.189. The first kappa shape index (κ1) is 34.9. The molecule has 9 nitrogen and oxygen atoms in total. The van der Waals surface area contributed by atoms with Crippen LogP contribution in [-0.2, 0) is 32.6 Å². The summed E-state index contributed by atoms with van der Waals surface area (Å²) in [6, 6.07) is 25.3. The van der Waals surface area contributed by atoms with E-state index < -0.39 is 34.3 Å². The van der Waals surface area contributed by atoms with E-state index in [4.69, 9.17) is 9.47 Å². The first-order valence-electron chi connectivity index (χ1n) is 17.1. The fraction of sp³-hybridized carbons (Fsp3) is 0.333. The number of fused-ring (bicyclic) bond motifs is 1. The normalized spacial score (nSPS) is 15.2. The lowest BCUT2D eigenvalue weighted by Gasteiger charge is -2.35. The van der Waals surface area contributed by atoms with E-state index in [2.05, 4.69) is 5.32 Å². The van der Waals surface area contributed by atoms with Crippen molar-refractivity contribution in [3.8, 4) is 11.5 Å². The minimum atomic E-state index is -4.41. The molecule has 262 valence electrons. The Labute approximate surface area is 293 Å².